The highest BCUT2D eigenvalue weighted by Gasteiger charge is 2.18. The van der Waals surface area contributed by atoms with E-state index in [9.17, 15) is 4.79 Å². The second-order valence-electron chi connectivity index (χ2n) is 4.73. The van der Waals surface area contributed by atoms with Gasteiger partial charge in [-0.05, 0) is 18.4 Å². The topological polar surface area (TPSA) is 67.0 Å². The SMILES string of the molecule is COCc1c(C(=O)Nc2cc(C)[nH]n2)sc2ccccc12. The average Bonchev–Trinajstić information content (AvgIpc) is 3.04. The van der Waals surface area contributed by atoms with Gasteiger partial charge in [0.15, 0.2) is 5.82 Å². The van der Waals surface area contributed by atoms with Gasteiger partial charge in [-0.25, -0.2) is 0 Å². The average molecular weight is 301 g/mol. The van der Waals surface area contributed by atoms with Crippen molar-refractivity contribution >= 4 is 33.1 Å². The molecular formula is C15H15N3O2S. The first-order chi connectivity index (χ1) is 10.2. The molecule has 0 atom stereocenters. The number of carbonyl (C=O) groups excluding carboxylic acids is 1. The highest BCUT2D eigenvalue weighted by molar-refractivity contribution is 7.21. The van der Waals surface area contributed by atoms with E-state index in [-0.39, 0.29) is 5.91 Å². The molecule has 0 spiro atoms. The van der Waals surface area contributed by atoms with Crippen LogP contribution in [0.4, 0.5) is 5.82 Å². The Labute approximate surface area is 125 Å². The zero-order valence-corrected chi connectivity index (χ0v) is 12.6. The number of carbonyl (C=O) groups is 1. The van der Waals surface area contributed by atoms with E-state index in [0.29, 0.717) is 17.3 Å². The first kappa shape index (κ1) is 13.8. The summed E-state index contributed by atoms with van der Waals surface area (Å²) >= 11 is 1.47. The van der Waals surface area contributed by atoms with Crippen LogP contribution in [0.1, 0.15) is 20.9 Å². The number of aryl methyl sites for hydroxylation is 1. The van der Waals surface area contributed by atoms with E-state index < -0.39 is 0 Å². The van der Waals surface area contributed by atoms with Gasteiger partial charge in [0.25, 0.3) is 5.91 Å². The lowest BCUT2D eigenvalue weighted by Crippen LogP contribution is -2.12. The zero-order chi connectivity index (χ0) is 14.8. The Morgan fingerprint density at radius 3 is 2.95 bits per heavy atom. The summed E-state index contributed by atoms with van der Waals surface area (Å²) in [6.45, 7) is 2.30. The summed E-state index contributed by atoms with van der Waals surface area (Å²) in [5.74, 6) is 0.369. The fourth-order valence-corrected chi connectivity index (χ4v) is 3.33. The largest absolute Gasteiger partial charge is 0.380 e. The molecule has 0 unspecified atom stereocenters. The standard InChI is InChI=1S/C15H15N3O2S/c1-9-7-13(18-17-9)16-15(19)14-11(8-20-2)10-5-3-4-6-12(10)21-14/h3-7H,8H2,1-2H3,(H2,16,17,18,19). The molecule has 0 radical (unpaired) electrons. The predicted molar refractivity (Wildman–Crippen MR) is 83.8 cm³/mol. The van der Waals surface area contributed by atoms with Gasteiger partial charge in [0.1, 0.15) is 0 Å². The van der Waals surface area contributed by atoms with Crippen molar-refractivity contribution in [1.82, 2.24) is 10.2 Å². The van der Waals surface area contributed by atoms with Gasteiger partial charge in [-0.3, -0.25) is 9.89 Å². The number of H-pyrrole nitrogens is 1. The molecule has 0 saturated heterocycles. The molecule has 21 heavy (non-hydrogen) atoms. The van der Waals surface area contributed by atoms with Crippen LogP contribution in [0, 0.1) is 6.92 Å². The molecule has 3 rings (SSSR count). The predicted octanol–water partition coefficient (Wildman–Crippen LogP) is 3.33. The van der Waals surface area contributed by atoms with Gasteiger partial charge >= 0.3 is 0 Å². The molecule has 0 aliphatic rings. The van der Waals surface area contributed by atoms with Gasteiger partial charge < -0.3 is 10.1 Å². The molecule has 2 aromatic heterocycles. The molecule has 6 heteroatoms. The number of fused-ring (bicyclic) bond motifs is 1. The number of nitrogens with zero attached hydrogens (tertiary/aromatic N) is 1. The number of aromatic nitrogens is 2. The van der Waals surface area contributed by atoms with Crippen LogP contribution in [0.2, 0.25) is 0 Å². The normalized spacial score (nSPS) is 11.0. The van der Waals surface area contributed by atoms with Crippen LogP contribution in [-0.4, -0.2) is 23.2 Å². The number of thiophene rings is 1. The fraction of sp³-hybridized carbons (Fsp3) is 0.200. The third-order valence-electron chi connectivity index (χ3n) is 3.14. The smallest absolute Gasteiger partial charge is 0.267 e. The molecule has 1 aromatic carbocycles. The summed E-state index contributed by atoms with van der Waals surface area (Å²) in [6.07, 6.45) is 0. The number of aromatic amines is 1. The lowest BCUT2D eigenvalue weighted by atomic mass is 10.1. The number of benzene rings is 1. The first-order valence-corrected chi connectivity index (χ1v) is 7.33. The van der Waals surface area contributed by atoms with E-state index in [2.05, 4.69) is 15.5 Å². The zero-order valence-electron chi connectivity index (χ0n) is 11.8. The minimum Gasteiger partial charge on any atom is -0.380 e. The Morgan fingerprint density at radius 1 is 1.43 bits per heavy atom. The van der Waals surface area contributed by atoms with E-state index in [1.165, 1.54) is 11.3 Å². The van der Waals surface area contributed by atoms with Crippen LogP contribution < -0.4 is 5.32 Å². The summed E-state index contributed by atoms with van der Waals surface area (Å²) in [7, 11) is 1.63. The molecule has 2 N–H and O–H groups in total. The number of hydrogen-bond donors (Lipinski definition) is 2. The van der Waals surface area contributed by atoms with Crippen molar-refractivity contribution in [2.75, 3.05) is 12.4 Å². The summed E-state index contributed by atoms with van der Waals surface area (Å²) in [6, 6.07) is 9.74. The Hall–Kier alpha value is -2.18. The Morgan fingerprint density at radius 2 is 2.24 bits per heavy atom. The molecule has 0 saturated carbocycles. The first-order valence-electron chi connectivity index (χ1n) is 6.51. The van der Waals surface area contributed by atoms with Crippen LogP contribution in [-0.2, 0) is 11.3 Å². The lowest BCUT2D eigenvalue weighted by Gasteiger charge is -2.03. The monoisotopic (exact) mass is 301 g/mol. The van der Waals surface area contributed by atoms with E-state index >= 15 is 0 Å². The van der Waals surface area contributed by atoms with Crippen molar-refractivity contribution in [1.29, 1.82) is 0 Å². The minimum absolute atomic E-state index is 0.158. The van der Waals surface area contributed by atoms with Crippen molar-refractivity contribution in [3.8, 4) is 0 Å². The number of methoxy groups -OCH3 is 1. The number of hydrogen-bond acceptors (Lipinski definition) is 4. The maximum absolute atomic E-state index is 12.5. The van der Waals surface area contributed by atoms with Crippen LogP contribution in [0.5, 0.6) is 0 Å². The second-order valence-corrected chi connectivity index (χ2v) is 5.78. The number of amides is 1. The van der Waals surface area contributed by atoms with Gasteiger partial charge in [-0.2, -0.15) is 5.10 Å². The number of ether oxygens (including phenoxy) is 1. The highest BCUT2D eigenvalue weighted by atomic mass is 32.1. The van der Waals surface area contributed by atoms with Gasteiger partial charge in [-0.15, -0.1) is 11.3 Å². The fourth-order valence-electron chi connectivity index (χ4n) is 2.22. The van der Waals surface area contributed by atoms with Gasteiger partial charge in [-0.1, -0.05) is 18.2 Å². The molecule has 5 nitrogen and oxygen atoms in total. The van der Waals surface area contributed by atoms with Crippen LogP contribution >= 0.6 is 11.3 Å². The third-order valence-corrected chi connectivity index (χ3v) is 4.35. The second kappa shape index (κ2) is 5.67. The number of nitrogens with one attached hydrogen (secondary N) is 2. The van der Waals surface area contributed by atoms with E-state index in [0.717, 1.165) is 21.3 Å². The molecule has 3 aromatic rings. The summed E-state index contributed by atoms with van der Waals surface area (Å²) < 4.78 is 6.32. The molecule has 108 valence electrons. The third kappa shape index (κ3) is 2.68. The minimum atomic E-state index is -0.158. The van der Waals surface area contributed by atoms with E-state index in [4.69, 9.17) is 4.74 Å². The quantitative estimate of drug-likeness (QED) is 0.776. The molecule has 0 aliphatic heterocycles. The van der Waals surface area contributed by atoms with Crippen LogP contribution in [0.3, 0.4) is 0 Å². The van der Waals surface area contributed by atoms with Gasteiger partial charge in [0.05, 0.1) is 11.5 Å². The Kier molecular flexibility index (Phi) is 3.72. The van der Waals surface area contributed by atoms with E-state index in [1.54, 1.807) is 13.2 Å². The summed E-state index contributed by atoms with van der Waals surface area (Å²) in [5.41, 5.74) is 1.82. The molecular weight excluding hydrogens is 286 g/mol. The van der Waals surface area contributed by atoms with Crippen molar-refractivity contribution in [3.63, 3.8) is 0 Å². The molecule has 1 amide bonds. The molecule has 0 bridgehead atoms. The molecule has 2 heterocycles. The Balaban J connectivity index is 1.98. The number of anilines is 1. The van der Waals surface area contributed by atoms with Crippen molar-refractivity contribution in [3.05, 3.63) is 46.5 Å². The van der Waals surface area contributed by atoms with E-state index in [1.807, 2.05) is 31.2 Å². The van der Waals surface area contributed by atoms with Gasteiger partial charge in [0, 0.05) is 29.1 Å². The lowest BCUT2D eigenvalue weighted by molar-refractivity contribution is 0.102. The van der Waals surface area contributed by atoms with Crippen molar-refractivity contribution in [2.45, 2.75) is 13.5 Å². The van der Waals surface area contributed by atoms with Crippen LogP contribution in [0.25, 0.3) is 10.1 Å². The maximum atomic E-state index is 12.5. The Bertz CT molecular complexity index is 791. The van der Waals surface area contributed by atoms with Crippen molar-refractivity contribution < 1.29 is 9.53 Å². The maximum Gasteiger partial charge on any atom is 0.267 e. The number of rotatable bonds is 4. The highest BCUT2D eigenvalue weighted by Crippen LogP contribution is 2.32. The summed E-state index contributed by atoms with van der Waals surface area (Å²) in [5, 5.41) is 10.7. The molecule has 0 fully saturated rings. The summed E-state index contributed by atoms with van der Waals surface area (Å²) in [4.78, 5) is 13.1. The van der Waals surface area contributed by atoms with Crippen LogP contribution in [0.15, 0.2) is 30.3 Å². The van der Waals surface area contributed by atoms with Crippen molar-refractivity contribution in [2.24, 2.45) is 0 Å². The molecule has 0 aliphatic carbocycles. The van der Waals surface area contributed by atoms with Gasteiger partial charge in [0.2, 0.25) is 0 Å².